The molecule has 1 aromatic heterocycles. The van der Waals surface area contributed by atoms with E-state index in [2.05, 4.69) is 20.6 Å². The Morgan fingerprint density at radius 3 is 2.42 bits per heavy atom. The lowest BCUT2D eigenvalue weighted by Crippen LogP contribution is -2.38. The molecule has 3 amide bonds. The molecule has 1 saturated heterocycles. The third kappa shape index (κ3) is 5.34. The van der Waals surface area contributed by atoms with Gasteiger partial charge in [-0.05, 0) is 37.6 Å². The maximum Gasteiger partial charge on any atom is 0.251 e. The average Bonchev–Trinajstić information content (AvgIpc) is 3.17. The summed E-state index contributed by atoms with van der Waals surface area (Å²) >= 11 is 0. The van der Waals surface area contributed by atoms with E-state index in [4.69, 9.17) is 0 Å². The first-order valence-corrected chi connectivity index (χ1v) is 11.0. The van der Waals surface area contributed by atoms with Gasteiger partial charge in [0.05, 0.1) is 28.3 Å². The van der Waals surface area contributed by atoms with Gasteiger partial charge >= 0.3 is 0 Å². The zero-order chi connectivity index (χ0) is 23.4. The van der Waals surface area contributed by atoms with Crippen molar-refractivity contribution >= 4 is 28.8 Å². The molecule has 1 unspecified atom stereocenters. The number of nitrogens with one attached hydrogen (secondary N) is 2. The van der Waals surface area contributed by atoms with Gasteiger partial charge in [0.2, 0.25) is 11.8 Å². The van der Waals surface area contributed by atoms with Gasteiger partial charge in [0.15, 0.2) is 0 Å². The first kappa shape index (κ1) is 22.4. The molecule has 2 N–H and O–H groups in total. The molecule has 0 saturated carbocycles. The van der Waals surface area contributed by atoms with Crippen LogP contribution in [-0.2, 0) is 16.1 Å². The van der Waals surface area contributed by atoms with Crippen molar-refractivity contribution in [2.75, 3.05) is 19.6 Å². The number of aromatic nitrogens is 2. The van der Waals surface area contributed by atoms with Crippen LogP contribution in [-0.4, -0.2) is 52.2 Å². The van der Waals surface area contributed by atoms with Crippen molar-refractivity contribution in [3.8, 4) is 0 Å². The van der Waals surface area contributed by atoms with Gasteiger partial charge in [-0.3, -0.25) is 14.4 Å². The summed E-state index contributed by atoms with van der Waals surface area (Å²) in [6.45, 7) is 5.28. The quantitative estimate of drug-likeness (QED) is 0.542. The Labute approximate surface area is 192 Å². The van der Waals surface area contributed by atoms with Crippen LogP contribution in [0.5, 0.6) is 0 Å². The summed E-state index contributed by atoms with van der Waals surface area (Å²) in [7, 11) is 0. The van der Waals surface area contributed by atoms with Crippen LogP contribution in [0.3, 0.4) is 0 Å². The van der Waals surface area contributed by atoms with E-state index < -0.39 is 0 Å². The molecule has 8 heteroatoms. The van der Waals surface area contributed by atoms with Crippen molar-refractivity contribution in [1.29, 1.82) is 0 Å². The highest BCUT2D eigenvalue weighted by molar-refractivity contribution is 5.97. The minimum atomic E-state index is -0.373. The molecule has 3 aromatic rings. The van der Waals surface area contributed by atoms with Crippen molar-refractivity contribution < 1.29 is 14.4 Å². The number of hydrogen-bond acceptors (Lipinski definition) is 5. The Morgan fingerprint density at radius 1 is 0.970 bits per heavy atom. The molecule has 0 radical (unpaired) electrons. The Kier molecular flexibility index (Phi) is 6.63. The van der Waals surface area contributed by atoms with Crippen molar-refractivity contribution in [2.45, 2.75) is 26.8 Å². The van der Waals surface area contributed by atoms with Crippen molar-refractivity contribution in [2.24, 2.45) is 5.92 Å². The maximum atomic E-state index is 12.5. The Bertz CT molecular complexity index is 1200. The number of fused-ring (bicyclic) bond motifs is 1. The van der Waals surface area contributed by atoms with Gasteiger partial charge in [0.25, 0.3) is 5.91 Å². The fourth-order valence-corrected chi connectivity index (χ4v) is 3.88. The Balaban J connectivity index is 1.24. The van der Waals surface area contributed by atoms with Crippen molar-refractivity contribution in [1.82, 2.24) is 25.5 Å². The molecule has 1 aliphatic rings. The van der Waals surface area contributed by atoms with E-state index in [9.17, 15) is 14.4 Å². The number of hydrogen-bond donors (Lipinski definition) is 2. The number of carbonyl (C=O) groups excluding carboxylic acids is 3. The molecule has 0 aliphatic carbocycles. The zero-order valence-corrected chi connectivity index (χ0v) is 18.8. The largest absolute Gasteiger partial charge is 0.354 e. The molecule has 0 spiro atoms. The Hall–Kier alpha value is -3.81. The van der Waals surface area contributed by atoms with E-state index in [0.29, 0.717) is 30.7 Å². The zero-order valence-electron chi connectivity index (χ0n) is 18.8. The SMILES string of the molecule is Cc1nc2ccc(C(=O)NCCNC(=O)C3CC(=O)N(Cc4ccccc4)C3)cc2nc1C. The normalized spacial score (nSPS) is 15.6. The molecule has 1 fully saturated rings. The van der Waals surface area contributed by atoms with Crippen LogP contribution in [0, 0.1) is 19.8 Å². The van der Waals surface area contributed by atoms with Crippen LogP contribution in [0.25, 0.3) is 11.0 Å². The van der Waals surface area contributed by atoms with Crippen LogP contribution in [0.4, 0.5) is 0 Å². The Morgan fingerprint density at radius 2 is 1.67 bits per heavy atom. The molecule has 1 aliphatic heterocycles. The second-order valence-electron chi connectivity index (χ2n) is 8.31. The van der Waals surface area contributed by atoms with Gasteiger partial charge in [-0.1, -0.05) is 30.3 Å². The van der Waals surface area contributed by atoms with Gasteiger partial charge in [-0.2, -0.15) is 0 Å². The van der Waals surface area contributed by atoms with E-state index in [1.54, 1.807) is 23.1 Å². The number of nitrogens with zero attached hydrogens (tertiary/aromatic N) is 3. The second-order valence-corrected chi connectivity index (χ2v) is 8.31. The van der Waals surface area contributed by atoms with E-state index in [1.807, 2.05) is 44.2 Å². The summed E-state index contributed by atoms with van der Waals surface area (Å²) < 4.78 is 0. The molecule has 170 valence electrons. The smallest absolute Gasteiger partial charge is 0.251 e. The van der Waals surface area contributed by atoms with Crippen LogP contribution in [0.15, 0.2) is 48.5 Å². The van der Waals surface area contributed by atoms with Gasteiger partial charge in [-0.15, -0.1) is 0 Å². The minimum Gasteiger partial charge on any atom is -0.354 e. The van der Waals surface area contributed by atoms with Gasteiger partial charge in [-0.25, -0.2) is 9.97 Å². The van der Waals surface area contributed by atoms with Crippen molar-refractivity contribution in [3.63, 3.8) is 0 Å². The lowest BCUT2D eigenvalue weighted by atomic mass is 10.1. The minimum absolute atomic E-state index is 0.0165. The van der Waals surface area contributed by atoms with Crippen LogP contribution in [0.1, 0.15) is 33.7 Å². The van der Waals surface area contributed by atoms with Crippen molar-refractivity contribution in [3.05, 3.63) is 71.0 Å². The van der Waals surface area contributed by atoms with Gasteiger partial charge < -0.3 is 15.5 Å². The molecule has 33 heavy (non-hydrogen) atoms. The van der Waals surface area contributed by atoms with E-state index >= 15 is 0 Å². The van der Waals surface area contributed by atoms with Gasteiger partial charge in [0.1, 0.15) is 0 Å². The molecule has 1 atom stereocenters. The summed E-state index contributed by atoms with van der Waals surface area (Å²) in [5.74, 6) is -0.795. The molecule has 2 aromatic carbocycles. The van der Waals surface area contributed by atoms with E-state index in [0.717, 1.165) is 22.5 Å². The summed E-state index contributed by atoms with van der Waals surface area (Å²) in [6.07, 6.45) is 0.210. The lowest BCUT2D eigenvalue weighted by Gasteiger charge is -2.16. The predicted molar refractivity (Wildman–Crippen MR) is 124 cm³/mol. The summed E-state index contributed by atoms with van der Waals surface area (Å²) in [5, 5.41) is 5.63. The lowest BCUT2D eigenvalue weighted by molar-refractivity contribution is -0.129. The number of benzene rings is 2. The molecule has 4 rings (SSSR count). The van der Waals surface area contributed by atoms with E-state index in [1.165, 1.54) is 0 Å². The van der Waals surface area contributed by atoms with Gasteiger partial charge in [0, 0.05) is 38.2 Å². The number of rotatable bonds is 7. The third-order valence-corrected chi connectivity index (χ3v) is 5.85. The summed E-state index contributed by atoms with van der Waals surface area (Å²) in [4.78, 5) is 47.9. The highest BCUT2D eigenvalue weighted by Crippen LogP contribution is 2.20. The van der Waals surface area contributed by atoms with Crippen LogP contribution >= 0.6 is 0 Å². The predicted octanol–water partition coefficient (Wildman–Crippen LogP) is 2.14. The fraction of sp³-hybridized carbons (Fsp3) is 0.320. The topological polar surface area (TPSA) is 104 Å². The maximum absolute atomic E-state index is 12.5. The second kappa shape index (κ2) is 9.77. The monoisotopic (exact) mass is 445 g/mol. The third-order valence-electron chi connectivity index (χ3n) is 5.85. The average molecular weight is 446 g/mol. The van der Waals surface area contributed by atoms with E-state index in [-0.39, 0.29) is 36.6 Å². The molecular weight excluding hydrogens is 418 g/mol. The molecular formula is C25H27N5O3. The standard InChI is InChI=1S/C25H27N5O3/c1-16-17(2)29-22-12-19(8-9-21(22)28-16)24(32)26-10-11-27-25(33)20-13-23(31)30(15-20)14-18-6-4-3-5-7-18/h3-9,12,20H,10-11,13-15H2,1-2H3,(H,26,32)(H,27,33). The first-order chi connectivity index (χ1) is 15.9. The molecule has 2 heterocycles. The fourth-order valence-electron chi connectivity index (χ4n) is 3.88. The summed E-state index contributed by atoms with van der Waals surface area (Å²) in [6, 6.07) is 14.9. The first-order valence-electron chi connectivity index (χ1n) is 11.0. The number of likely N-dealkylation sites (tertiary alicyclic amines) is 1. The summed E-state index contributed by atoms with van der Waals surface area (Å²) in [5.41, 5.74) is 4.64. The highest BCUT2D eigenvalue weighted by atomic mass is 16.2. The van der Waals surface area contributed by atoms with Crippen LogP contribution < -0.4 is 10.6 Å². The molecule has 0 bridgehead atoms. The highest BCUT2D eigenvalue weighted by Gasteiger charge is 2.34. The number of carbonyl (C=O) groups is 3. The number of aryl methyl sites for hydroxylation is 2. The molecule has 8 nitrogen and oxygen atoms in total. The van der Waals surface area contributed by atoms with Crippen LogP contribution in [0.2, 0.25) is 0 Å². The number of amides is 3.